The SMILES string of the molecule is COC(=O)C(C)(O)CNCC1(C2CC2)CC1. The van der Waals surface area contributed by atoms with E-state index in [-0.39, 0.29) is 6.54 Å². The number of ether oxygens (including phenoxy) is 1. The molecule has 2 fully saturated rings. The van der Waals surface area contributed by atoms with E-state index in [1.807, 2.05) is 0 Å². The Labute approximate surface area is 96.4 Å². The van der Waals surface area contributed by atoms with Crippen molar-refractivity contribution in [3.05, 3.63) is 0 Å². The highest BCUT2D eigenvalue weighted by atomic mass is 16.5. The van der Waals surface area contributed by atoms with Gasteiger partial charge < -0.3 is 15.2 Å². The molecule has 1 atom stereocenters. The summed E-state index contributed by atoms with van der Waals surface area (Å²) in [6, 6.07) is 0. The molecule has 0 saturated heterocycles. The molecule has 0 aromatic heterocycles. The summed E-state index contributed by atoms with van der Waals surface area (Å²) in [5.41, 5.74) is -0.916. The Hall–Kier alpha value is -0.610. The fourth-order valence-corrected chi connectivity index (χ4v) is 2.43. The lowest BCUT2D eigenvalue weighted by Crippen LogP contribution is -2.47. The first-order chi connectivity index (χ1) is 7.50. The van der Waals surface area contributed by atoms with Crippen LogP contribution in [0.3, 0.4) is 0 Å². The van der Waals surface area contributed by atoms with Crippen LogP contribution in [0.4, 0.5) is 0 Å². The Morgan fingerprint density at radius 3 is 2.62 bits per heavy atom. The molecule has 0 bridgehead atoms. The quantitative estimate of drug-likeness (QED) is 0.655. The van der Waals surface area contributed by atoms with Gasteiger partial charge in [-0.15, -0.1) is 0 Å². The van der Waals surface area contributed by atoms with Crippen molar-refractivity contribution in [2.75, 3.05) is 20.2 Å². The number of esters is 1. The number of methoxy groups -OCH3 is 1. The van der Waals surface area contributed by atoms with E-state index in [0.29, 0.717) is 5.41 Å². The van der Waals surface area contributed by atoms with Crippen molar-refractivity contribution in [3.8, 4) is 0 Å². The molecule has 0 aliphatic heterocycles. The van der Waals surface area contributed by atoms with E-state index in [4.69, 9.17) is 0 Å². The molecule has 2 aliphatic carbocycles. The highest BCUT2D eigenvalue weighted by molar-refractivity contribution is 5.78. The van der Waals surface area contributed by atoms with Gasteiger partial charge in [0.05, 0.1) is 7.11 Å². The number of rotatable bonds is 6. The number of hydrogen-bond donors (Lipinski definition) is 2. The van der Waals surface area contributed by atoms with Crippen LogP contribution in [0.5, 0.6) is 0 Å². The Morgan fingerprint density at radius 2 is 2.19 bits per heavy atom. The van der Waals surface area contributed by atoms with E-state index in [1.165, 1.54) is 39.7 Å². The molecule has 0 heterocycles. The van der Waals surface area contributed by atoms with E-state index in [1.54, 1.807) is 0 Å². The first-order valence-electron chi connectivity index (χ1n) is 6.02. The topological polar surface area (TPSA) is 58.6 Å². The van der Waals surface area contributed by atoms with Gasteiger partial charge in [-0.2, -0.15) is 0 Å². The van der Waals surface area contributed by atoms with Gasteiger partial charge in [-0.25, -0.2) is 4.79 Å². The third kappa shape index (κ3) is 2.38. The number of carbonyl (C=O) groups excluding carboxylic acids is 1. The van der Waals surface area contributed by atoms with Crippen molar-refractivity contribution >= 4 is 5.97 Å². The second-order valence-corrected chi connectivity index (χ2v) is 5.51. The number of hydrogen-bond acceptors (Lipinski definition) is 4. The second-order valence-electron chi connectivity index (χ2n) is 5.51. The van der Waals surface area contributed by atoms with Gasteiger partial charge in [0.2, 0.25) is 0 Å². The van der Waals surface area contributed by atoms with Gasteiger partial charge in [0.1, 0.15) is 0 Å². The fourth-order valence-electron chi connectivity index (χ4n) is 2.43. The molecule has 4 nitrogen and oxygen atoms in total. The summed E-state index contributed by atoms with van der Waals surface area (Å²) in [6.45, 7) is 2.68. The average Bonchev–Trinajstić information content (AvgIpc) is 3.07. The molecule has 0 amide bonds. The molecule has 2 aliphatic rings. The molecule has 92 valence electrons. The molecule has 2 N–H and O–H groups in total. The van der Waals surface area contributed by atoms with E-state index in [0.717, 1.165) is 12.5 Å². The first-order valence-corrected chi connectivity index (χ1v) is 6.02. The lowest BCUT2D eigenvalue weighted by atomic mass is 10.00. The predicted molar refractivity (Wildman–Crippen MR) is 59.9 cm³/mol. The zero-order chi connectivity index (χ0) is 11.8. The maximum absolute atomic E-state index is 11.2. The summed E-state index contributed by atoms with van der Waals surface area (Å²) >= 11 is 0. The lowest BCUT2D eigenvalue weighted by Gasteiger charge is -2.22. The summed E-state index contributed by atoms with van der Waals surface area (Å²) in [6.07, 6.45) is 5.31. The molecule has 1 unspecified atom stereocenters. The van der Waals surface area contributed by atoms with Crippen LogP contribution in [-0.2, 0) is 9.53 Å². The summed E-state index contributed by atoms with van der Waals surface area (Å²) in [5.74, 6) is 0.319. The van der Waals surface area contributed by atoms with E-state index < -0.39 is 11.6 Å². The van der Waals surface area contributed by atoms with Crippen LogP contribution in [-0.4, -0.2) is 36.9 Å². The molecule has 0 spiro atoms. The van der Waals surface area contributed by atoms with Crippen molar-refractivity contribution < 1.29 is 14.6 Å². The van der Waals surface area contributed by atoms with Gasteiger partial charge in [-0.1, -0.05) is 0 Å². The zero-order valence-electron chi connectivity index (χ0n) is 10.1. The Balaban J connectivity index is 1.73. The van der Waals surface area contributed by atoms with Crippen molar-refractivity contribution in [1.82, 2.24) is 5.32 Å². The van der Waals surface area contributed by atoms with Crippen molar-refractivity contribution in [3.63, 3.8) is 0 Å². The first kappa shape index (κ1) is 11.9. The summed E-state index contributed by atoms with van der Waals surface area (Å²) in [5, 5.41) is 13.0. The normalized spacial score (nSPS) is 25.9. The van der Waals surface area contributed by atoms with Crippen LogP contribution in [0.25, 0.3) is 0 Å². The Kier molecular flexibility index (Phi) is 2.97. The summed E-state index contributed by atoms with van der Waals surface area (Å²) < 4.78 is 4.54. The van der Waals surface area contributed by atoms with Crippen molar-refractivity contribution in [2.45, 2.75) is 38.2 Å². The fraction of sp³-hybridized carbons (Fsp3) is 0.917. The van der Waals surface area contributed by atoms with Gasteiger partial charge in [0.25, 0.3) is 0 Å². The van der Waals surface area contributed by atoms with E-state index in [2.05, 4.69) is 10.1 Å². The van der Waals surface area contributed by atoms with Crippen LogP contribution >= 0.6 is 0 Å². The number of aliphatic hydroxyl groups is 1. The summed E-state index contributed by atoms with van der Waals surface area (Å²) in [7, 11) is 1.30. The minimum Gasteiger partial charge on any atom is -0.467 e. The number of carbonyl (C=O) groups is 1. The van der Waals surface area contributed by atoms with Crippen LogP contribution in [0.15, 0.2) is 0 Å². The smallest absolute Gasteiger partial charge is 0.338 e. The van der Waals surface area contributed by atoms with Gasteiger partial charge >= 0.3 is 5.97 Å². The van der Waals surface area contributed by atoms with Crippen molar-refractivity contribution in [2.24, 2.45) is 11.3 Å². The molecule has 4 heteroatoms. The number of nitrogens with one attached hydrogen (secondary N) is 1. The van der Waals surface area contributed by atoms with Gasteiger partial charge in [0.15, 0.2) is 5.60 Å². The molecule has 2 saturated carbocycles. The average molecular weight is 227 g/mol. The Morgan fingerprint density at radius 1 is 1.56 bits per heavy atom. The molecular weight excluding hydrogens is 206 g/mol. The van der Waals surface area contributed by atoms with E-state index in [9.17, 15) is 9.90 Å². The van der Waals surface area contributed by atoms with Crippen LogP contribution in [0.2, 0.25) is 0 Å². The van der Waals surface area contributed by atoms with Crippen LogP contribution < -0.4 is 5.32 Å². The maximum Gasteiger partial charge on any atom is 0.338 e. The molecule has 0 aromatic rings. The van der Waals surface area contributed by atoms with E-state index >= 15 is 0 Å². The van der Waals surface area contributed by atoms with Gasteiger partial charge in [-0.05, 0) is 43.9 Å². The molecule has 2 rings (SSSR count). The molecule has 0 aromatic carbocycles. The minimum atomic E-state index is -1.41. The maximum atomic E-state index is 11.2. The summed E-state index contributed by atoms with van der Waals surface area (Å²) in [4.78, 5) is 11.2. The minimum absolute atomic E-state index is 0.272. The van der Waals surface area contributed by atoms with Gasteiger partial charge in [0, 0.05) is 13.1 Å². The van der Waals surface area contributed by atoms with Crippen LogP contribution in [0.1, 0.15) is 32.6 Å². The van der Waals surface area contributed by atoms with Crippen molar-refractivity contribution in [1.29, 1.82) is 0 Å². The molecular formula is C12H21NO3. The monoisotopic (exact) mass is 227 g/mol. The third-order valence-corrected chi connectivity index (χ3v) is 3.91. The third-order valence-electron chi connectivity index (χ3n) is 3.91. The highest BCUT2D eigenvalue weighted by Crippen LogP contribution is 2.60. The largest absolute Gasteiger partial charge is 0.467 e. The zero-order valence-corrected chi connectivity index (χ0v) is 10.1. The standard InChI is InChI=1S/C12H21NO3/c1-11(15,10(14)16-2)7-13-8-12(5-6-12)9-3-4-9/h9,13,15H,3-8H2,1-2H3. The lowest BCUT2D eigenvalue weighted by molar-refractivity contribution is -0.159. The highest BCUT2D eigenvalue weighted by Gasteiger charge is 2.53. The molecule has 0 radical (unpaired) electrons. The predicted octanol–water partition coefficient (Wildman–Crippen LogP) is 0.690. The second kappa shape index (κ2) is 4.00. The van der Waals surface area contributed by atoms with Crippen LogP contribution in [0, 0.1) is 11.3 Å². The Bertz CT molecular complexity index is 280. The molecule has 16 heavy (non-hydrogen) atoms. The van der Waals surface area contributed by atoms with Gasteiger partial charge in [-0.3, -0.25) is 0 Å².